The van der Waals surface area contributed by atoms with E-state index in [-0.39, 0.29) is 0 Å². The van der Waals surface area contributed by atoms with Gasteiger partial charge in [0.15, 0.2) is 0 Å². The Hall–Kier alpha value is -2.29. The zero-order chi connectivity index (χ0) is 12.5. The molecule has 0 saturated heterocycles. The smallest absolute Gasteiger partial charge is 0.0932 e. The largest absolute Gasteiger partial charge is 0.388 e. The molecule has 0 aromatic heterocycles. The number of hydrogen-bond acceptors (Lipinski definition) is 2. The molecule has 1 aliphatic rings. The fourth-order valence-corrected chi connectivity index (χ4v) is 2.52. The van der Waals surface area contributed by atoms with Crippen molar-refractivity contribution >= 4 is 0 Å². The first-order valence-electron chi connectivity index (χ1n) is 5.73. The summed E-state index contributed by atoms with van der Waals surface area (Å²) in [5.74, 6) is 0. The maximum Gasteiger partial charge on any atom is 0.0932 e. The van der Waals surface area contributed by atoms with E-state index in [9.17, 15) is 5.11 Å². The fourth-order valence-electron chi connectivity index (χ4n) is 2.52. The average Bonchev–Trinajstić information content (AvgIpc) is 2.43. The van der Waals surface area contributed by atoms with Crippen LogP contribution >= 0.6 is 0 Å². The highest BCUT2D eigenvalue weighted by Gasteiger charge is 2.31. The van der Waals surface area contributed by atoms with Crippen LogP contribution in [0.4, 0.5) is 0 Å². The van der Waals surface area contributed by atoms with Crippen LogP contribution in [0.25, 0.3) is 21.6 Å². The van der Waals surface area contributed by atoms with Crippen LogP contribution in [0.15, 0.2) is 53.6 Å². The third-order valence-electron chi connectivity index (χ3n) is 3.32. The minimum absolute atomic E-state index is 0.555. The molecule has 0 aliphatic heterocycles. The van der Waals surface area contributed by atoms with Gasteiger partial charge >= 0.3 is 0 Å². The number of hydrogen-bond donors (Lipinski definition) is 1. The maximum absolute atomic E-state index is 10.3. The molecule has 4 heteroatoms. The molecule has 2 atom stereocenters. The summed E-state index contributed by atoms with van der Waals surface area (Å²) in [4.78, 5) is 2.85. The molecule has 0 unspecified atom stereocenters. The molecule has 3 rings (SSSR count). The first-order valence-corrected chi connectivity index (χ1v) is 5.73. The molecule has 0 fully saturated rings. The highest BCUT2D eigenvalue weighted by Crippen LogP contribution is 2.45. The summed E-state index contributed by atoms with van der Waals surface area (Å²) in [5, 5.41) is 14.1. The Bertz CT molecular complexity index is 647. The van der Waals surface area contributed by atoms with Gasteiger partial charge in [-0.05, 0) is 27.8 Å². The van der Waals surface area contributed by atoms with E-state index in [1.165, 1.54) is 0 Å². The van der Waals surface area contributed by atoms with E-state index in [0.717, 1.165) is 22.3 Å². The summed E-state index contributed by atoms with van der Waals surface area (Å²) in [5.41, 5.74) is 12.4. The Morgan fingerprint density at radius 1 is 0.944 bits per heavy atom. The van der Waals surface area contributed by atoms with Crippen LogP contribution in [-0.4, -0.2) is 5.11 Å². The van der Waals surface area contributed by atoms with Gasteiger partial charge in [-0.2, -0.15) is 0 Å². The van der Waals surface area contributed by atoms with Crippen molar-refractivity contribution in [2.45, 2.75) is 12.1 Å². The SMILES string of the molecule is [N-]=[N+]=N[C@H]1c2ccccc2-c2ccccc2[C@H]1O. The van der Waals surface area contributed by atoms with E-state index in [0.29, 0.717) is 0 Å². The van der Waals surface area contributed by atoms with Gasteiger partial charge < -0.3 is 5.11 Å². The Morgan fingerprint density at radius 2 is 1.50 bits per heavy atom. The van der Waals surface area contributed by atoms with E-state index < -0.39 is 12.1 Å². The Labute approximate surface area is 104 Å². The van der Waals surface area contributed by atoms with Crippen molar-refractivity contribution in [3.05, 3.63) is 70.1 Å². The molecule has 0 bridgehead atoms. The van der Waals surface area contributed by atoms with Crippen LogP contribution in [0.3, 0.4) is 0 Å². The summed E-state index contributed by atoms with van der Waals surface area (Å²) in [6.07, 6.45) is -0.785. The Morgan fingerprint density at radius 3 is 2.17 bits per heavy atom. The molecule has 2 aromatic carbocycles. The van der Waals surface area contributed by atoms with Gasteiger partial charge in [-0.15, -0.1) is 0 Å². The van der Waals surface area contributed by atoms with Crippen LogP contribution in [0.2, 0.25) is 0 Å². The molecule has 4 nitrogen and oxygen atoms in total. The van der Waals surface area contributed by atoms with Gasteiger partial charge in [-0.3, -0.25) is 0 Å². The number of azide groups is 1. The molecule has 1 aliphatic carbocycles. The molecule has 0 spiro atoms. The highest BCUT2D eigenvalue weighted by atomic mass is 16.3. The molecule has 88 valence electrons. The predicted molar refractivity (Wildman–Crippen MR) is 68.7 cm³/mol. The van der Waals surface area contributed by atoms with Gasteiger partial charge in [-0.25, -0.2) is 0 Å². The zero-order valence-electron chi connectivity index (χ0n) is 9.56. The second-order valence-electron chi connectivity index (χ2n) is 4.27. The van der Waals surface area contributed by atoms with Gasteiger partial charge in [0.25, 0.3) is 0 Å². The van der Waals surface area contributed by atoms with E-state index >= 15 is 0 Å². The number of aliphatic hydroxyl groups is 1. The van der Waals surface area contributed by atoms with Gasteiger partial charge in [0.1, 0.15) is 0 Å². The summed E-state index contributed by atoms with van der Waals surface area (Å²) in [6.45, 7) is 0. The molecule has 0 radical (unpaired) electrons. The Balaban J connectivity index is 2.31. The first-order chi connectivity index (χ1) is 8.83. The molecule has 0 amide bonds. The average molecular weight is 237 g/mol. The van der Waals surface area contributed by atoms with Crippen molar-refractivity contribution in [1.29, 1.82) is 0 Å². The second-order valence-corrected chi connectivity index (χ2v) is 4.27. The minimum Gasteiger partial charge on any atom is -0.388 e. The molecule has 18 heavy (non-hydrogen) atoms. The standard InChI is InChI=1S/C14H11N3O/c15-17-16-13-11-7-3-1-5-9(11)10-6-2-4-8-12(10)14(13)18/h1-8,13-14,18H/t13-,14+/m0/s1. The zero-order valence-corrected chi connectivity index (χ0v) is 9.56. The molecule has 0 saturated carbocycles. The van der Waals surface area contributed by atoms with Gasteiger partial charge in [0, 0.05) is 4.91 Å². The lowest BCUT2D eigenvalue weighted by atomic mass is 9.81. The van der Waals surface area contributed by atoms with Crippen molar-refractivity contribution < 1.29 is 5.11 Å². The summed E-state index contributed by atoms with van der Waals surface area (Å²) in [6, 6.07) is 14.8. The quantitative estimate of drug-likeness (QED) is 0.458. The fraction of sp³-hybridized carbons (Fsp3) is 0.143. The van der Waals surface area contributed by atoms with Crippen molar-refractivity contribution in [1.82, 2.24) is 0 Å². The van der Waals surface area contributed by atoms with Crippen molar-refractivity contribution in [3.63, 3.8) is 0 Å². The van der Waals surface area contributed by atoms with Crippen LogP contribution < -0.4 is 0 Å². The second kappa shape index (κ2) is 4.18. The first kappa shape index (κ1) is 10.8. The monoisotopic (exact) mass is 237 g/mol. The number of aliphatic hydroxyl groups excluding tert-OH is 1. The lowest BCUT2D eigenvalue weighted by Gasteiger charge is -2.29. The van der Waals surface area contributed by atoms with Crippen LogP contribution in [0, 0.1) is 0 Å². The van der Waals surface area contributed by atoms with Gasteiger partial charge in [-0.1, -0.05) is 53.6 Å². The number of fused-ring (bicyclic) bond motifs is 3. The predicted octanol–water partition coefficient (Wildman–Crippen LogP) is 3.75. The molecular weight excluding hydrogens is 226 g/mol. The topological polar surface area (TPSA) is 69.0 Å². The number of nitrogens with zero attached hydrogens (tertiary/aromatic N) is 3. The van der Waals surface area contributed by atoms with E-state index in [1.807, 2.05) is 48.5 Å². The van der Waals surface area contributed by atoms with Crippen LogP contribution in [0.5, 0.6) is 0 Å². The molecule has 1 N–H and O–H groups in total. The van der Waals surface area contributed by atoms with E-state index in [4.69, 9.17) is 5.53 Å². The summed E-state index contributed by atoms with van der Waals surface area (Å²) < 4.78 is 0. The third-order valence-corrected chi connectivity index (χ3v) is 3.32. The lowest BCUT2D eigenvalue weighted by molar-refractivity contribution is 0.145. The summed E-state index contributed by atoms with van der Waals surface area (Å²) >= 11 is 0. The highest BCUT2D eigenvalue weighted by molar-refractivity contribution is 5.74. The number of benzene rings is 2. The molecule has 2 aromatic rings. The lowest BCUT2D eigenvalue weighted by Crippen LogP contribution is -2.15. The summed E-state index contributed by atoms with van der Waals surface area (Å²) in [7, 11) is 0. The van der Waals surface area contributed by atoms with E-state index in [2.05, 4.69) is 10.0 Å². The normalized spacial score (nSPS) is 20.5. The van der Waals surface area contributed by atoms with Crippen LogP contribution in [-0.2, 0) is 0 Å². The van der Waals surface area contributed by atoms with Crippen LogP contribution in [0.1, 0.15) is 23.3 Å². The minimum atomic E-state index is -0.785. The number of rotatable bonds is 1. The Kier molecular flexibility index (Phi) is 2.52. The van der Waals surface area contributed by atoms with Gasteiger partial charge in [0.2, 0.25) is 0 Å². The van der Waals surface area contributed by atoms with E-state index in [1.54, 1.807) is 0 Å². The van der Waals surface area contributed by atoms with Crippen molar-refractivity contribution in [3.8, 4) is 11.1 Å². The molecular formula is C14H11N3O. The van der Waals surface area contributed by atoms with Crippen molar-refractivity contribution in [2.75, 3.05) is 0 Å². The maximum atomic E-state index is 10.3. The van der Waals surface area contributed by atoms with Crippen molar-refractivity contribution in [2.24, 2.45) is 5.11 Å². The van der Waals surface area contributed by atoms with Gasteiger partial charge in [0.05, 0.1) is 12.1 Å². The third kappa shape index (κ3) is 1.48. The molecule has 0 heterocycles.